The number of amides is 1. The number of piperidine rings is 1. The standard InChI is InChI=1S/C21H35N5O2/c1-3-17(4-2)19(25-11-13-28-14-12-25)15-24-20(27)18-7-5-10-26(16-18)21-22-8-6-9-23-21/h6,8-9,17-19H,3-5,7,10-16H2,1-2H3,(H,24,27). The molecule has 2 atom stereocenters. The third kappa shape index (κ3) is 5.41. The van der Waals surface area contributed by atoms with Crippen molar-refractivity contribution in [3.63, 3.8) is 0 Å². The van der Waals surface area contributed by atoms with E-state index in [1.54, 1.807) is 12.4 Å². The molecule has 1 aromatic heterocycles. The average molecular weight is 390 g/mol. The number of morpholine rings is 1. The van der Waals surface area contributed by atoms with Crippen molar-refractivity contribution >= 4 is 11.9 Å². The number of nitrogens with zero attached hydrogens (tertiary/aromatic N) is 4. The van der Waals surface area contributed by atoms with Gasteiger partial charge in [-0.3, -0.25) is 9.69 Å². The summed E-state index contributed by atoms with van der Waals surface area (Å²) in [6.45, 7) is 10.3. The molecule has 28 heavy (non-hydrogen) atoms. The second-order valence-corrected chi connectivity index (χ2v) is 7.87. The summed E-state index contributed by atoms with van der Waals surface area (Å²) in [5.74, 6) is 1.50. The Bertz CT molecular complexity index is 590. The minimum absolute atomic E-state index is 0.00426. The molecule has 1 aromatic rings. The van der Waals surface area contributed by atoms with Gasteiger partial charge in [-0.2, -0.15) is 0 Å². The Morgan fingerprint density at radius 1 is 1.21 bits per heavy atom. The van der Waals surface area contributed by atoms with Crippen molar-refractivity contribution in [3.8, 4) is 0 Å². The molecule has 0 spiro atoms. The summed E-state index contributed by atoms with van der Waals surface area (Å²) in [5, 5.41) is 3.28. The number of ether oxygens (including phenoxy) is 1. The zero-order chi connectivity index (χ0) is 19.8. The second-order valence-electron chi connectivity index (χ2n) is 7.87. The average Bonchev–Trinajstić information content (AvgIpc) is 2.77. The number of carbonyl (C=O) groups excluding carboxylic acids is 1. The first kappa shape index (κ1) is 21.0. The zero-order valence-corrected chi connectivity index (χ0v) is 17.3. The molecule has 0 radical (unpaired) electrons. The number of aromatic nitrogens is 2. The predicted molar refractivity (Wildman–Crippen MR) is 110 cm³/mol. The van der Waals surface area contributed by atoms with Crippen LogP contribution in [0.15, 0.2) is 18.5 Å². The highest BCUT2D eigenvalue weighted by Crippen LogP contribution is 2.22. The number of anilines is 1. The molecule has 1 amide bonds. The highest BCUT2D eigenvalue weighted by molar-refractivity contribution is 5.79. The summed E-state index contributed by atoms with van der Waals surface area (Å²) < 4.78 is 5.53. The molecule has 3 rings (SSSR count). The van der Waals surface area contributed by atoms with Crippen molar-refractivity contribution in [1.29, 1.82) is 0 Å². The van der Waals surface area contributed by atoms with E-state index in [9.17, 15) is 4.79 Å². The van der Waals surface area contributed by atoms with Crippen molar-refractivity contribution in [2.75, 3.05) is 50.8 Å². The molecule has 0 aliphatic carbocycles. The Balaban J connectivity index is 1.57. The summed E-state index contributed by atoms with van der Waals surface area (Å²) >= 11 is 0. The fourth-order valence-corrected chi connectivity index (χ4v) is 4.51. The van der Waals surface area contributed by atoms with Crippen molar-refractivity contribution in [3.05, 3.63) is 18.5 Å². The lowest BCUT2D eigenvalue weighted by molar-refractivity contribution is -0.125. The molecule has 0 bridgehead atoms. The van der Waals surface area contributed by atoms with Gasteiger partial charge in [-0.1, -0.05) is 26.7 Å². The lowest BCUT2D eigenvalue weighted by atomic mass is 9.91. The second kappa shape index (κ2) is 10.7. The minimum Gasteiger partial charge on any atom is -0.379 e. The molecule has 2 saturated heterocycles. The number of nitrogens with one attached hydrogen (secondary N) is 1. The van der Waals surface area contributed by atoms with Crippen LogP contribution in [0.4, 0.5) is 5.95 Å². The number of carbonyl (C=O) groups is 1. The van der Waals surface area contributed by atoms with Crippen LogP contribution in [-0.4, -0.2) is 72.8 Å². The van der Waals surface area contributed by atoms with E-state index in [4.69, 9.17) is 4.74 Å². The summed E-state index contributed by atoms with van der Waals surface area (Å²) in [7, 11) is 0. The van der Waals surface area contributed by atoms with Crippen LogP contribution < -0.4 is 10.2 Å². The van der Waals surface area contributed by atoms with Gasteiger partial charge in [0.25, 0.3) is 0 Å². The highest BCUT2D eigenvalue weighted by atomic mass is 16.5. The predicted octanol–water partition coefficient (Wildman–Crippen LogP) is 1.95. The first-order valence-corrected chi connectivity index (χ1v) is 10.8. The number of hydrogen-bond acceptors (Lipinski definition) is 6. The van der Waals surface area contributed by atoms with Crippen LogP contribution >= 0.6 is 0 Å². The third-order valence-corrected chi connectivity index (χ3v) is 6.22. The van der Waals surface area contributed by atoms with Gasteiger partial charge in [0.1, 0.15) is 0 Å². The van der Waals surface area contributed by atoms with Gasteiger partial charge in [-0.15, -0.1) is 0 Å². The van der Waals surface area contributed by atoms with E-state index in [-0.39, 0.29) is 11.8 Å². The van der Waals surface area contributed by atoms with Gasteiger partial charge in [0.15, 0.2) is 0 Å². The van der Waals surface area contributed by atoms with Crippen molar-refractivity contribution in [2.45, 2.75) is 45.6 Å². The maximum Gasteiger partial charge on any atom is 0.225 e. The van der Waals surface area contributed by atoms with E-state index >= 15 is 0 Å². The first-order valence-electron chi connectivity index (χ1n) is 10.8. The largest absolute Gasteiger partial charge is 0.379 e. The molecule has 1 N–H and O–H groups in total. The first-order chi connectivity index (χ1) is 13.7. The Labute approximate surface area is 168 Å². The van der Waals surface area contributed by atoms with Crippen LogP contribution in [0, 0.1) is 11.8 Å². The Kier molecular flexibility index (Phi) is 8.03. The summed E-state index contributed by atoms with van der Waals surface area (Å²) in [6.07, 6.45) is 7.72. The fraction of sp³-hybridized carbons (Fsp3) is 0.762. The minimum atomic E-state index is 0.00426. The van der Waals surface area contributed by atoms with E-state index in [0.29, 0.717) is 18.5 Å². The third-order valence-electron chi connectivity index (χ3n) is 6.22. The molecule has 0 saturated carbocycles. The molecule has 2 unspecified atom stereocenters. The summed E-state index contributed by atoms with van der Waals surface area (Å²) in [4.78, 5) is 26.3. The maximum atomic E-state index is 12.9. The molecule has 2 aliphatic rings. The van der Waals surface area contributed by atoms with Gasteiger partial charge >= 0.3 is 0 Å². The smallest absolute Gasteiger partial charge is 0.225 e. The van der Waals surface area contributed by atoms with Crippen LogP contribution in [-0.2, 0) is 9.53 Å². The van der Waals surface area contributed by atoms with Gasteiger partial charge in [0, 0.05) is 51.2 Å². The van der Waals surface area contributed by atoms with Crippen LogP contribution in [0.25, 0.3) is 0 Å². The molecule has 3 heterocycles. The lowest BCUT2D eigenvalue weighted by Gasteiger charge is -2.39. The number of hydrogen-bond donors (Lipinski definition) is 1. The van der Waals surface area contributed by atoms with E-state index in [1.807, 2.05) is 6.07 Å². The quantitative estimate of drug-likeness (QED) is 0.733. The van der Waals surface area contributed by atoms with Crippen molar-refractivity contribution in [2.24, 2.45) is 11.8 Å². The summed E-state index contributed by atoms with van der Waals surface area (Å²) in [6, 6.07) is 2.21. The van der Waals surface area contributed by atoms with Gasteiger partial charge in [0.05, 0.1) is 19.1 Å². The highest BCUT2D eigenvalue weighted by Gasteiger charge is 2.30. The van der Waals surface area contributed by atoms with Crippen molar-refractivity contribution in [1.82, 2.24) is 20.2 Å². The molecule has 2 aliphatic heterocycles. The summed E-state index contributed by atoms with van der Waals surface area (Å²) in [5.41, 5.74) is 0. The van der Waals surface area contributed by atoms with Crippen LogP contribution in [0.3, 0.4) is 0 Å². The van der Waals surface area contributed by atoms with Crippen molar-refractivity contribution < 1.29 is 9.53 Å². The Hall–Kier alpha value is -1.73. The van der Waals surface area contributed by atoms with E-state index in [0.717, 1.165) is 71.0 Å². The molecule has 156 valence electrons. The molecule has 7 heteroatoms. The van der Waals surface area contributed by atoms with Crippen LogP contribution in [0.2, 0.25) is 0 Å². The molecular formula is C21H35N5O2. The lowest BCUT2D eigenvalue weighted by Crippen LogP contribution is -2.53. The van der Waals surface area contributed by atoms with Crippen LogP contribution in [0.1, 0.15) is 39.5 Å². The van der Waals surface area contributed by atoms with Gasteiger partial charge in [-0.25, -0.2) is 9.97 Å². The molecule has 2 fully saturated rings. The Morgan fingerprint density at radius 3 is 2.61 bits per heavy atom. The van der Waals surface area contributed by atoms with Crippen LogP contribution in [0.5, 0.6) is 0 Å². The van der Waals surface area contributed by atoms with Gasteiger partial charge in [0.2, 0.25) is 11.9 Å². The van der Waals surface area contributed by atoms with Gasteiger partial charge in [-0.05, 0) is 24.8 Å². The molecule has 0 aromatic carbocycles. The van der Waals surface area contributed by atoms with E-state index in [1.165, 1.54) is 0 Å². The van der Waals surface area contributed by atoms with Gasteiger partial charge < -0.3 is 15.0 Å². The van der Waals surface area contributed by atoms with E-state index < -0.39 is 0 Å². The van der Waals surface area contributed by atoms with E-state index in [2.05, 4.69) is 38.9 Å². The molecular weight excluding hydrogens is 354 g/mol. The monoisotopic (exact) mass is 389 g/mol. The number of rotatable bonds is 8. The maximum absolute atomic E-state index is 12.9. The molecule has 7 nitrogen and oxygen atoms in total. The zero-order valence-electron chi connectivity index (χ0n) is 17.3. The topological polar surface area (TPSA) is 70.6 Å². The SMILES string of the molecule is CCC(CC)C(CNC(=O)C1CCCN(c2ncccn2)C1)N1CCOCC1. The Morgan fingerprint density at radius 2 is 1.93 bits per heavy atom. The fourth-order valence-electron chi connectivity index (χ4n) is 4.51. The normalized spacial score (nSPS) is 22.2.